The average molecular weight is 503 g/mol. The minimum atomic E-state index is -3.66. The van der Waals surface area contributed by atoms with Crippen LogP contribution in [0.25, 0.3) is 15.8 Å². The number of carboxylic acids is 1. The monoisotopic (exact) mass is 502 g/mol. The molecule has 8 nitrogen and oxygen atoms in total. The van der Waals surface area contributed by atoms with E-state index < -0.39 is 16.1 Å². The molecule has 4 rings (SSSR count). The molecule has 0 atom stereocenters. The smallest absolute Gasteiger partial charge is 0.323 e. The fourth-order valence-electron chi connectivity index (χ4n) is 4.25. The molecule has 0 unspecified atom stereocenters. The van der Waals surface area contributed by atoms with Crippen LogP contribution >= 0.6 is 11.3 Å². The van der Waals surface area contributed by atoms with E-state index >= 15 is 0 Å². The lowest BCUT2D eigenvalue weighted by molar-refractivity contribution is -0.669. The van der Waals surface area contributed by atoms with Gasteiger partial charge in [-0.15, -0.1) is 0 Å². The van der Waals surface area contributed by atoms with Gasteiger partial charge >= 0.3 is 5.97 Å². The number of anilines is 1. The van der Waals surface area contributed by atoms with Crippen LogP contribution in [0.5, 0.6) is 0 Å². The Hall–Kier alpha value is -2.79. The number of carboxylic acid groups (broad SMARTS) is 1. The summed E-state index contributed by atoms with van der Waals surface area (Å²) in [4.78, 5) is 13.5. The van der Waals surface area contributed by atoms with E-state index in [-0.39, 0.29) is 12.3 Å². The van der Waals surface area contributed by atoms with E-state index in [1.165, 1.54) is 0 Å². The van der Waals surface area contributed by atoms with E-state index in [4.69, 9.17) is 4.28 Å². The molecule has 0 aliphatic carbocycles. The number of rotatable bonds is 10. The quantitative estimate of drug-likeness (QED) is 0.324. The number of carbonyl (C=O) groups is 1. The summed E-state index contributed by atoms with van der Waals surface area (Å²) < 4.78 is 32.2. The van der Waals surface area contributed by atoms with Gasteiger partial charge in [-0.05, 0) is 24.6 Å². The molecule has 10 heteroatoms. The first kappa shape index (κ1) is 24.3. The average Bonchev–Trinajstić information content (AvgIpc) is 3.36. The topological polar surface area (TPSA) is 99.8 Å². The molecule has 1 aliphatic heterocycles. The van der Waals surface area contributed by atoms with Crippen molar-refractivity contribution in [3.63, 3.8) is 0 Å². The second-order valence-corrected chi connectivity index (χ2v) is 10.8. The summed E-state index contributed by atoms with van der Waals surface area (Å²) in [5.41, 5.74) is 7.38. The highest BCUT2D eigenvalue weighted by Gasteiger charge is 2.31. The number of hydrogen-bond donors (Lipinski definition) is 2. The highest BCUT2D eigenvalue weighted by molar-refractivity contribution is 7.86. The molecule has 0 saturated carbocycles. The number of aryl methyl sites for hydroxylation is 1. The van der Waals surface area contributed by atoms with Gasteiger partial charge in [0.2, 0.25) is 5.52 Å². The van der Waals surface area contributed by atoms with Crippen molar-refractivity contribution in [2.45, 2.75) is 33.2 Å². The van der Waals surface area contributed by atoms with Crippen molar-refractivity contribution in [1.82, 2.24) is 5.48 Å². The summed E-state index contributed by atoms with van der Waals surface area (Å²) in [7, 11) is -3.66. The molecule has 0 spiro atoms. The second-order valence-electron chi connectivity index (χ2n) is 8.08. The fourth-order valence-corrected chi connectivity index (χ4v) is 6.32. The van der Waals surface area contributed by atoms with Crippen LogP contribution < -0.4 is 14.9 Å². The number of fused-ring (bicyclic) bond motifs is 2. The Morgan fingerprint density at radius 1 is 1.21 bits per heavy atom. The SMILES string of the molecule is CCNOS(=O)(=O)CCC[n+]1c(C(C)=C2Cc3ccccc3N2CC(=O)O)sc2ccccc21. The first-order valence-electron chi connectivity index (χ1n) is 11.1. The third-order valence-corrected chi connectivity index (χ3v) is 8.17. The van der Waals surface area contributed by atoms with Gasteiger partial charge in [0.1, 0.15) is 11.2 Å². The molecule has 2 heterocycles. The number of benzene rings is 2. The Labute approximate surface area is 203 Å². The van der Waals surface area contributed by atoms with E-state index in [9.17, 15) is 18.3 Å². The highest BCUT2D eigenvalue weighted by atomic mass is 32.2. The Bertz CT molecular complexity index is 1350. The summed E-state index contributed by atoms with van der Waals surface area (Å²) in [6.45, 7) is 4.55. The number of nitrogens with one attached hydrogen (secondary N) is 1. The first-order chi connectivity index (χ1) is 16.3. The summed E-state index contributed by atoms with van der Waals surface area (Å²) >= 11 is 1.63. The van der Waals surface area contributed by atoms with Crippen LogP contribution in [-0.2, 0) is 32.2 Å². The van der Waals surface area contributed by atoms with Gasteiger partial charge in [0.15, 0.2) is 6.54 Å². The zero-order valence-corrected chi connectivity index (χ0v) is 20.8. The molecule has 0 bridgehead atoms. The third kappa shape index (κ3) is 5.15. The lowest BCUT2D eigenvalue weighted by Crippen LogP contribution is -2.38. The zero-order chi connectivity index (χ0) is 24.3. The number of aliphatic carboxylic acids is 1. The first-order valence-corrected chi connectivity index (χ1v) is 13.5. The number of aromatic nitrogens is 1. The Morgan fingerprint density at radius 2 is 1.94 bits per heavy atom. The lowest BCUT2D eigenvalue weighted by atomic mass is 10.1. The van der Waals surface area contributed by atoms with Gasteiger partial charge in [-0.3, -0.25) is 4.79 Å². The number of allylic oxidation sites excluding steroid dienone is 2. The zero-order valence-electron chi connectivity index (χ0n) is 19.2. The number of hydrogen-bond acceptors (Lipinski definition) is 7. The Morgan fingerprint density at radius 3 is 2.71 bits per heavy atom. The van der Waals surface area contributed by atoms with Crippen LogP contribution in [-0.4, -0.2) is 38.3 Å². The van der Waals surface area contributed by atoms with Crippen molar-refractivity contribution in [1.29, 1.82) is 0 Å². The van der Waals surface area contributed by atoms with Gasteiger partial charge < -0.3 is 10.0 Å². The van der Waals surface area contributed by atoms with Crippen LogP contribution in [0.15, 0.2) is 54.2 Å². The van der Waals surface area contributed by atoms with Crippen LogP contribution in [0.2, 0.25) is 0 Å². The molecule has 0 saturated heterocycles. The number of nitrogens with zero attached hydrogens (tertiary/aromatic N) is 2. The molecule has 0 radical (unpaired) electrons. The molecule has 34 heavy (non-hydrogen) atoms. The number of thiazole rings is 1. The van der Waals surface area contributed by atoms with Gasteiger partial charge in [-0.1, -0.05) is 48.6 Å². The third-order valence-electron chi connectivity index (χ3n) is 5.73. The molecule has 180 valence electrons. The van der Waals surface area contributed by atoms with E-state index in [1.807, 2.05) is 60.4 Å². The molecule has 1 aliphatic rings. The minimum absolute atomic E-state index is 0.108. The second kappa shape index (κ2) is 10.2. The minimum Gasteiger partial charge on any atom is -0.480 e. The van der Waals surface area contributed by atoms with Crippen molar-refractivity contribution < 1.29 is 27.2 Å². The van der Waals surface area contributed by atoms with Crippen molar-refractivity contribution in [2.75, 3.05) is 23.7 Å². The van der Waals surface area contributed by atoms with E-state index in [1.54, 1.807) is 18.3 Å². The highest BCUT2D eigenvalue weighted by Crippen LogP contribution is 2.39. The van der Waals surface area contributed by atoms with Crippen molar-refractivity contribution in [2.24, 2.45) is 0 Å². The summed E-state index contributed by atoms with van der Waals surface area (Å²) in [5.74, 6) is -1.000. The summed E-state index contributed by atoms with van der Waals surface area (Å²) in [6.07, 6.45) is 1.03. The van der Waals surface area contributed by atoms with E-state index in [0.29, 0.717) is 25.9 Å². The maximum atomic E-state index is 12.1. The van der Waals surface area contributed by atoms with Crippen LogP contribution in [0.3, 0.4) is 0 Å². The Kier molecular flexibility index (Phi) is 7.32. The predicted molar refractivity (Wildman–Crippen MR) is 133 cm³/mol. The molecule has 1 aromatic heterocycles. The van der Waals surface area contributed by atoms with Gasteiger partial charge in [0.25, 0.3) is 15.1 Å². The van der Waals surface area contributed by atoms with Crippen LogP contribution in [0.4, 0.5) is 5.69 Å². The van der Waals surface area contributed by atoms with Crippen molar-refractivity contribution >= 4 is 48.9 Å². The largest absolute Gasteiger partial charge is 0.480 e. The fraction of sp³-hybridized carbons (Fsp3) is 0.333. The van der Waals surface area contributed by atoms with Gasteiger partial charge in [-0.25, -0.2) is 0 Å². The molecule has 2 aromatic carbocycles. The molecule has 3 aromatic rings. The summed E-state index contributed by atoms with van der Waals surface area (Å²) in [6, 6.07) is 15.9. The van der Waals surface area contributed by atoms with E-state index in [2.05, 4.69) is 10.0 Å². The van der Waals surface area contributed by atoms with Gasteiger partial charge in [0, 0.05) is 36.8 Å². The normalized spacial score (nSPS) is 15.1. The van der Waals surface area contributed by atoms with Crippen molar-refractivity contribution in [3.8, 4) is 0 Å². The van der Waals surface area contributed by atoms with Crippen LogP contribution in [0.1, 0.15) is 30.8 Å². The molecule has 0 amide bonds. The number of hydroxylamine groups is 1. The van der Waals surface area contributed by atoms with Gasteiger partial charge in [-0.2, -0.15) is 22.7 Å². The molecule has 0 fully saturated rings. The lowest BCUT2D eigenvalue weighted by Gasteiger charge is -2.20. The molecular formula is C24H28N3O5S2+. The molecule has 2 N–H and O–H groups in total. The van der Waals surface area contributed by atoms with E-state index in [0.717, 1.165) is 37.7 Å². The Balaban J connectivity index is 1.71. The van der Waals surface area contributed by atoms with Crippen molar-refractivity contribution in [3.05, 3.63) is 64.8 Å². The van der Waals surface area contributed by atoms with Crippen LogP contribution in [0, 0.1) is 0 Å². The molecular weight excluding hydrogens is 474 g/mol. The number of para-hydroxylation sites is 2. The van der Waals surface area contributed by atoms with Gasteiger partial charge in [0.05, 0.1) is 11.3 Å². The standard InChI is InChI=1S/C24H27N3O5S2/c1-3-25-32-34(30,31)14-8-13-26-20-11-6-7-12-22(20)33-24(26)17(2)21-15-18-9-4-5-10-19(18)27(21)16-23(28)29/h4-7,9-12,25H,3,8,13-16H2,1-2H3/p+1. The summed E-state index contributed by atoms with van der Waals surface area (Å²) in [5, 5.41) is 10.5. The maximum Gasteiger partial charge on any atom is 0.323 e. The maximum absolute atomic E-state index is 12.1. The predicted octanol–water partition coefficient (Wildman–Crippen LogP) is 3.33.